The quantitative estimate of drug-likeness (QED) is 0.399. The van der Waals surface area contributed by atoms with Gasteiger partial charge in [-0.15, -0.1) is 0 Å². The largest absolute Gasteiger partial charge is 0.497 e. The minimum Gasteiger partial charge on any atom is -0.497 e. The highest BCUT2D eigenvalue weighted by Gasteiger charge is 2.12. The zero-order valence-corrected chi connectivity index (χ0v) is 18.6. The van der Waals surface area contributed by atoms with Crippen LogP contribution < -0.4 is 19.5 Å². The molecule has 3 aromatic rings. The summed E-state index contributed by atoms with van der Waals surface area (Å²) in [5, 5.41) is 4.64. The van der Waals surface area contributed by atoms with Gasteiger partial charge in [-0.25, -0.2) is 0 Å². The van der Waals surface area contributed by atoms with Crippen molar-refractivity contribution in [1.82, 2.24) is 5.32 Å². The summed E-state index contributed by atoms with van der Waals surface area (Å²) in [4.78, 5) is 0. The predicted octanol–water partition coefficient (Wildman–Crippen LogP) is 6.27. The Morgan fingerprint density at radius 1 is 0.867 bits per heavy atom. The second kappa shape index (κ2) is 11.1. The zero-order valence-electron chi connectivity index (χ0n) is 17.1. The van der Waals surface area contributed by atoms with Crippen LogP contribution in [0.4, 0.5) is 0 Å². The van der Waals surface area contributed by atoms with Crippen LogP contribution in [0.5, 0.6) is 17.2 Å². The van der Waals surface area contributed by atoms with E-state index in [2.05, 4.69) is 5.32 Å². The number of nitrogens with one attached hydrogen (secondary N) is 1. The van der Waals surface area contributed by atoms with Gasteiger partial charge in [-0.05, 0) is 42.8 Å². The molecule has 0 saturated carbocycles. The number of methoxy groups -OCH3 is 1. The standard InChI is InChI=1S/C24H25Cl2NO3/c1-3-29-23-6-4-5-18(15-27-14-17-7-11-21(28-2)12-8-17)24(23)30-16-19-9-10-20(25)13-22(19)26/h4-13,27H,3,14-16H2,1-2H3. The highest BCUT2D eigenvalue weighted by Crippen LogP contribution is 2.33. The molecule has 0 saturated heterocycles. The van der Waals surface area contributed by atoms with Crippen molar-refractivity contribution in [2.24, 2.45) is 0 Å². The molecule has 158 valence electrons. The van der Waals surface area contributed by atoms with Crippen molar-refractivity contribution >= 4 is 23.2 Å². The van der Waals surface area contributed by atoms with Crippen molar-refractivity contribution in [2.75, 3.05) is 13.7 Å². The van der Waals surface area contributed by atoms with Crippen molar-refractivity contribution in [3.8, 4) is 17.2 Å². The zero-order chi connectivity index (χ0) is 21.3. The fraction of sp³-hybridized carbons (Fsp3) is 0.250. The fourth-order valence-electron chi connectivity index (χ4n) is 3.01. The molecule has 6 heteroatoms. The molecule has 0 fully saturated rings. The summed E-state index contributed by atoms with van der Waals surface area (Å²) in [6.45, 7) is 4.20. The molecular formula is C24H25Cl2NO3. The third-order valence-corrected chi connectivity index (χ3v) is 5.14. The third-order valence-electron chi connectivity index (χ3n) is 4.55. The maximum atomic E-state index is 6.29. The Bertz CT molecular complexity index is 961. The van der Waals surface area contributed by atoms with E-state index in [1.165, 1.54) is 5.56 Å². The van der Waals surface area contributed by atoms with E-state index >= 15 is 0 Å². The molecule has 3 aromatic carbocycles. The molecule has 0 aliphatic rings. The minimum atomic E-state index is 0.325. The van der Waals surface area contributed by atoms with E-state index in [1.807, 2.05) is 55.5 Å². The molecule has 4 nitrogen and oxygen atoms in total. The lowest BCUT2D eigenvalue weighted by molar-refractivity contribution is 0.266. The Balaban J connectivity index is 1.70. The molecule has 0 aromatic heterocycles. The van der Waals surface area contributed by atoms with E-state index in [0.29, 0.717) is 41.3 Å². The smallest absolute Gasteiger partial charge is 0.166 e. The monoisotopic (exact) mass is 445 g/mol. The maximum absolute atomic E-state index is 6.29. The van der Waals surface area contributed by atoms with Crippen LogP contribution in [0.1, 0.15) is 23.6 Å². The molecule has 0 aliphatic heterocycles. The molecular weight excluding hydrogens is 421 g/mol. The second-order valence-electron chi connectivity index (χ2n) is 6.65. The van der Waals surface area contributed by atoms with Gasteiger partial charge in [0.15, 0.2) is 11.5 Å². The molecule has 0 spiro atoms. The number of hydrogen-bond donors (Lipinski definition) is 1. The number of halogens is 2. The molecule has 1 N–H and O–H groups in total. The van der Waals surface area contributed by atoms with E-state index in [1.54, 1.807) is 19.2 Å². The average Bonchev–Trinajstić information content (AvgIpc) is 2.75. The lowest BCUT2D eigenvalue weighted by atomic mass is 10.1. The minimum absolute atomic E-state index is 0.325. The summed E-state index contributed by atoms with van der Waals surface area (Å²) >= 11 is 12.3. The van der Waals surface area contributed by atoms with Crippen LogP contribution in [0, 0.1) is 0 Å². The van der Waals surface area contributed by atoms with Crippen LogP contribution in [0.15, 0.2) is 60.7 Å². The first-order chi connectivity index (χ1) is 14.6. The van der Waals surface area contributed by atoms with Gasteiger partial charge < -0.3 is 19.5 Å². The van der Waals surface area contributed by atoms with Crippen molar-refractivity contribution < 1.29 is 14.2 Å². The average molecular weight is 446 g/mol. The van der Waals surface area contributed by atoms with Gasteiger partial charge in [0, 0.05) is 34.3 Å². The van der Waals surface area contributed by atoms with Gasteiger partial charge in [-0.1, -0.05) is 53.5 Å². The second-order valence-corrected chi connectivity index (χ2v) is 7.50. The molecule has 0 aliphatic carbocycles. The molecule has 0 atom stereocenters. The maximum Gasteiger partial charge on any atom is 0.166 e. The van der Waals surface area contributed by atoms with Crippen molar-refractivity contribution in [1.29, 1.82) is 0 Å². The normalized spacial score (nSPS) is 10.7. The summed E-state index contributed by atoms with van der Waals surface area (Å²) in [5.74, 6) is 2.28. The van der Waals surface area contributed by atoms with Crippen LogP contribution in [0.3, 0.4) is 0 Å². The number of para-hydroxylation sites is 1. The molecule has 0 unspecified atom stereocenters. The molecule has 0 bridgehead atoms. The topological polar surface area (TPSA) is 39.7 Å². The Morgan fingerprint density at radius 3 is 2.37 bits per heavy atom. The first kappa shape index (κ1) is 22.3. The van der Waals surface area contributed by atoms with Crippen molar-refractivity contribution in [3.05, 3.63) is 87.4 Å². The van der Waals surface area contributed by atoms with Gasteiger partial charge in [0.05, 0.1) is 13.7 Å². The first-order valence-electron chi connectivity index (χ1n) is 9.75. The predicted molar refractivity (Wildman–Crippen MR) is 122 cm³/mol. The van der Waals surface area contributed by atoms with Crippen molar-refractivity contribution in [3.63, 3.8) is 0 Å². The van der Waals surface area contributed by atoms with E-state index in [4.69, 9.17) is 37.4 Å². The molecule has 0 amide bonds. The van der Waals surface area contributed by atoms with Gasteiger partial charge in [0.1, 0.15) is 12.4 Å². The highest BCUT2D eigenvalue weighted by molar-refractivity contribution is 6.35. The van der Waals surface area contributed by atoms with Gasteiger partial charge in [0.2, 0.25) is 0 Å². The van der Waals surface area contributed by atoms with Crippen LogP contribution in [-0.2, 0) is 19.7 Å². The number of rotatable bonds is 10. The van der Waals surface area contributed by atoms with Crippen LogP contribution >= 0.6 is 23.2 Å². The Labute approximate surface area is 187 Å². The lowest BCUT2D eigenvalue weighted by Gasteiger charge is -2.17. The molecule has 3 rings (SSSR count). The van der Waals surface area contributed by atoms with Gasteiger partial charge >= 0.3 is 0 Å². The Kier molecular flexibility index (Phi) is 8.26. The third kappa shape index (κ3) is 6.05. The Morgan fingerprint density at radius 2 is 1.67 bits per heavy atom. The molecule has 0 heterocycles. The van der Waals surface area contributed by atoms with Crippen LogP contribution in [0.25, 0.3) is 0 Å². The van der Waals surface area contributed by atoms with Crippen molar-refractivity contribution in [2.45, 2.75) is 26.6 Å². The summed E-state index contributed by atoms with van der Waals surface area (Å²) in [6.07, 6.45) is 0. The highest BCUT2D eigenvalue weighted by atomic mass is 35.5. The van der Waals surface area contributed by atoms with E-state index in [0.717, 1.165) is 23.4 Å². The van der Waals surface area contributed by atoms with E-state index < -0.39 is 0 Å². The molecule has 0 radical (unpaired) electrons. The Hall–Kier alpha value is -2.40. The summed E-state index contributed by atoms with van der Waals surface area (Å²) in [6, 6.07) is 19.3. The lowest BCUT2D eigenvalue weighted by Crippen LogP contribution is -2.14. The van der Waals surface area contributed by atoms with E-state index in [-0.39, 0.29) is 0 Å². The van der Waals surface area contributed by atoms with Crippen LogP contribution in [0.2, 0.25) is 10.0 Å². The summed E-state index contributed by atoms with van der Waals surface area (Å²) in [5.41, 5.74) is 3.05. The number of ether oxygens (including phenoxy) is 3. The summed E-state index contributed by atoms with van der Waals surface area (Å²) in [7, 11) is 1.66. The van der Waals surface area contributed by atoms with Gasteiger partial charge in [0.25, 0.3) is 0 Å². The van der Waals surface area contributed by atoms with E-state index in [9.17, 15) is 0 Å². The molecule has 30 heavy (non-hydrogen) atoms. The number of hydrogen-bond acceptors (Lipinski definition) is 4. The van der Waals surface area contributed by atoms with Crippen LogP contribution in [-0.4, -0.2) is 13.7 Å². The first-order valence-corrected chi connectivity index (χ1v) is 10.5. The summed E-state index contributed by atoms with van der Waals surface area (Å²) < 4.78 is 17.1. The number of benzene rings is 3. The fourth-order valence-corrected chi connectivity index (χ4v) is 3.47. The van der Waals surface area contributed by atoms with Gasteiger partial charge in [-0.3, -0.25) is 0 Å². The van der Waals surface area contributed by atoms with Gasteiger partial charge in [-0.2, -0.15) is 0 Å². The SMILES string of the molecule is CCOc1cccc(CNCc2ccc(OC)cc2)c1OCc1ccc(Cl)cc1Cl.